The summed E-state index contributed by atoms with van der Waals surface area (Å²) in [4.78, 5) is 38.0. The minimum Gasteiger partial charge on any atom is -0.462 e. The van der Waals surface area contributed by atoms with Crippen LogP contribution < -0.4 is 0 Å². The SMILES string of the molecule is CC/C=C\C/C=C\C/C=C\C/C=C\C/C=C\CCCC(=O)OCC(COC(=O)CCCCC/C=C\C/C=C\C/C=C\C/C=C\CC)OC(=O)CC/C=C\C/C=C\C/C=C\C/C=C\C/C=C\CC. The number of unbranched alkanes of at least 4 members (excludes halogenated alkanes) is 4. The number of hydrogen-bond acceptors (Lipinski definition) is 6. The van der Waals surface area contributed by atoms with Crippen LogP contribution in [0.4, 0.5) is 0 Å². The molecule has 0 radical (unpaired) electrons. The molecule has 0 aromatic heterocycles. The maximum absolute atomic E-state index is 12.8. The van der Waals surface area contributed by atoms with Gasteiger partial charge in [0.2, 0.25) is 0 Å². The molecule has 0 spiro atoms. The van der Waals surface area contributed by atoms with Crippen molar-refractivity contribution in [3.8, 4) is 0 Å². The van der Waals surface area contributed by atoms with Gasteiger partial charge in [0.05, 0.1) is 0 Å². The monoisotopic (exact) mass is 919 g/mol. The van der Waals surface area contributed by atoms with E-state index < -0.39 is 12.1 Å². The highest BCUT2D eigenvalue weighted by Crippen LogP contribution is 2.09. The third kappa shape index (κ3) is 51.6. The molecule has 6 heteroatoms. The molecular weight excluding hydrogens is 829 g/mol. The van der Waals surface area contributed by atoms with Crippen molar-refractivity contribution in [2.75, 3.05) is 13.2 Å². The van der Waals surface area contributed by atoms with E-state index >= 15 is 0 Å². The number of rotatable bonds is 43. The second kappa shape index (κ2) is 53.4. The molecule has 0 aromatic carbocycles. The number of hydrogen-bond donors (Lipinski definition) is 0. The quantitative estimate of drug-likeness (QED) is 0.0262. The van der Waals surface area contributed by atoms with Gasteiger partial charge in [0, 0.05) is 19.3 Å². The van der Waals surface area contributed by atoms with Crippen molar-refractivity contribution in [3.05, 3.63) is 170 Å². The number of carbonyl (C=O) groups excluding carboxylic acids is 3. The first kappa shape index (κ1) is 61.8. The molecule has 0 amide bonds. The zero-order valence-electron chi connectivity index (χ0n) is 42.1. The van der Waals surface area contributed by atoms with Crippen molar-refractivity contribution in [1.82, 2.24) is 0 Å². The van der Waals surface area contributed by atoms with Gasteiger partial charge >= 0.3 is 17.9 Å². The summed E-state index contributed by atoms with van der Waals surface area (Å²) >= 11 is 0. The average molecular weight is 919 g/mol. The van der Waals surface area contributed by atoms with Crippen LogP contribution in [0.25, 0.3) is 0 Å². The summed E-state index contributed by atoms with van der Waals surface area (Å²) in [6.45, 7) is 6.12. The third-order valence-corrected chi connectivity index (χ3v) is 9.71. The molecule has 0 aliphatic heterocycles. The molecule has 370 valence electrons. The van der Waals surface area contributed by atoms with Gasteiger partial charge in [-0.15, -0.1) is 0 Å². The van der Waals surface area contributed by atoms with Crippen molar-refractivity contribution in [2.45, 2.75) is 181 Å². The fourth-order valence-corrected chi connectivity index (χ4v) is 5.99. The number of allylic oxidation sites excluding steroid dienone is 28. The van der Waals surface area contributed by atoms with Crippen molar-refractivity contribution >= 4 is 17.9 Å². The summed E-state index contributed by atoms with van der Waals surface area (Å²) in [6.07, 6.45) is 79.3. The Balaban J connectivity index is 4.69. The normalized spacial score (nSPS) is 13.5. The van der Waals surface area contributed by atoms with Crippen LogP contribution in [0.5, 0.6) is 0 Å². The van der Waals surface area contributed by atoms with E-state index in [4.69, 9.17) is 14.2 Å². The molecule has 0 N–H and O–H groups in total. The maximum atomic E-state index is 12.8. The third-order valence-electron chi connectivity index (χ3n) is 9.71. The molecule has 6 nitrogen and oxygen atoms in total. The van der Waals surface area contributed by atoms with Gasteiger partial charge < -0.3 is 14.2 Å². The van der Waals surface area contributed by atoms with Gasteiger partial charge in [-0.1, -0.05) is 197 Å². The molecule has 0 saturated heterocycles. The molecule has 0 aliphatic carbocycles. The Morgan fingerprint density at radius 2 is 0.582 bits per heavy atom. The second-order valence-corrected chi connectivity index (χ2v) is 15.9. The zero-order valence-corrected chi connectivity index (χ0v) is 42.1. The van der Waals surface area contributed by atoms with Crippen LogP contribution in [0.1, 0.15) is 175 Å². The van der Waals surface area contributed by atoms with E-state index in [0.29, 0.717) is 12.8 Å². The minimum absolute atomic E-state index is 0.151. The molecule has 0 rings (SSSR count). The number of carbonyl (C=O) groups is 3. The molecule has 0 saturated carbocycles. The Hall–Kier alpha value is -5.23. The Kier molecular flexibility index (Phi) is 49.2. The van der Waals surface area contributed by atoms with Crippen LogP contribution in [0.15, 0.2) is 170 Å². The Morgan fingerprint density at radius 1 is 0.299 bits per heavy atom. The first-order valence-electron chi connectivity index (χ1n) is 25.6. The molecule has 67 heavy (non-hydrogen) atoms. The minimum atomic E-state index is -0.863. The predicted octanol–water partition coefficient (Wildman–Crippen LogP) is 17.2. The van der Waals surface area contributed by atoms with Gasteiger partial charge in [0.15, 0.2) is 6.10 Å². The number of esters is 3. The largest absolute Gasteiger partial charge is 0.462 e. The van der Waals surface area contributed by atoms with Crippen LogP contribution in [-0.4, -0.2) is 37.2 Å². The zero-order chi connectivity index (χ0) is 48.6. The van der Waals surface area contributed by atoms with Gasteiger partial charge in [0.1, 0.15) is 13.2 Å². The Bertz CT molecular complexity index is 1620. The van der Waals surface area contributed by atoms with Crippen molar-refractivity contribution in [3.63, 3.8) is 0 Å². The van der Waals surface area contributed by atoms with E-state index in [1.807, 2.05) is 12.2 Å². The molecule has 0 bridgehead atoms. The lowest BCUT2D eigenvalue weighted by Crippen LogP contribution is -2.30. The van der Waals surface area contributed by atoms with Crippen LogP contribution in [0.2, 0.25) is 0 Å². The second-order valence-electron chi connectivity index (χ2n) is 15.9. The fraction of sp³-hybridized carbons (Fsp3) is 0.492. The molecule has 1 unspecified atom stereocenters. The van der Waals surface area contributed by atoms with Crippen molar-refractivity contribution < 1.29 is 28.6 Å². The number of ether oxygens (including phenoxy) is 3. The summed E-state index contributed by atoms with van der Waals surface area (Å²) in [6, 6.07) is 0. The van der Waals surface area contributed by atoms with Crippen molar-refractivity contribution in [2.24, 2.45) is 0 Å². The summed E-state index contributed by atoms with van der Waals surface area (Å²) in [7, 11) is 0. The predicted molar refractivity (Wildman–Crippen MR) is 288 cm³/mol. The summed E-state index contributed by atoms with van der Waals surface area (Å²) in [5.74, 6) is -1.14. The molecular formula is C61H90O6. The van der Waals surface area contributed by atoms with Gasteiger partial charge in [-0.05, 0) is 128 Å². The highest BCUT2D eigenvalue weighted by Gasteiger charge is 2.19. The molecule has 0 heterocycles. The lowest BCUT2D eigenvalue weighted by atomic mass is 10.1. The van der Waals surface area contributed by atoms with Gasteiger partial charge in [-0.2, -0.15) is 0 Å². The van der Waals surface area contributed by atoms with E-state index in [-0.39, 0.29) is 44.4 Å². The summed E-state index contributed by atoms with van der Waals surface area (Å²) in [5, 5.41) is 0. The fourth-order valence-electron chi connectivity index (χ4n) is 5.99. The maximum Gasteiger partial charge on any atom is 0.306 e. The highest BCUT2D eigenvalue weighted by molar-refractivity contribution is 5.71. The Morgan fingerprint density at radius 3 is 0.925 bits per heavy atom. The van der Waals surface area contributed by atoms with Crippen LogP contribution in [0.3, 0.4) is 0 Å². The lowest BCUT2D eigenvalue weighted by Gasteiger charge is -2.18. The van der Waals surface area contributed by atoms with Gasteiger partial charge in [0.25, 0.3) is 0 Å². The smallest absolute Gasteiger partial charge is 0.306 e. The van der Waals surface area contributed by atoms with Gasteiger partial charge in [-0.25, -0.2) is 0 Å². The standard InChI is InChI=1S/C61H90O6/c1-4-7-10-13-16-19-22-25-28-31-34-36-39-42-45-48-51-54-60(63)66-57-58(67-61(64)55-52-49-46-43-40-37-33-30-27-24-21-18-15-12-9-6-3)56-65-59(62)53-50-47-44-41-38-35-32-29-26-23-20-17-14-11-8-5-2/h7-12,16-21,25-30,34-38,40,42,45-46,49,58H,4-6,13-15,22-24,31-33,39,41,43-44,47-48,50-57H2,1-3H3/b10-7-,11-8-,12-9-,19-16-,20-17-,21-18-,28-25-,29-26-,30-27-,36-34-,38-35-,40-37-,45-42-,49-46-. The molecule has 0 aromatic rings. The van der Waals surface area contributed by atoms with Crippen molar-refractivity contribution in [1.29, 1.82) is 0 Å². The molecule has 0 fully saturated rings. The summed E-state index contributed by atoms with van der Waals surface area (Å²) < 4.78 is 16.6. The highest BCUT2D eigenvalue weighted by atomic mass is 16.6. The lowest BCUT2D eigenvalue weighted by molar-refractivity contribution is -0.166. The van der Waals surface area contributed by atoms with Crippen LogP contribution in [-0.2, 0) is 28.6 Å². The molecule has 1 atom stereocenters. The van der Waals surface area contributed by atoms with E-state index in [1.165, 1.54) is 0 Å². The van der Waals surface area contributed by atoms with Crippen LogP contribution in [0, 0.1) is 0 Å². The topological polar surface area (TPSA) is 78.9 Å². The van der Waals surface area contributed by atoms with E-state index in [1.54, 1.807) is 0 Å². The first-order valence-corrected chi connectivity index (χ1v) is 25.6. The average Bonchev–Trinajstić information content (AvgIpc) is 3.33. The van der Waals surface area contributed by atoms with Gasteiger partial charge in [-0.3, -0.25) is 14.4 Å². The molecule has 0 aliphatic rings. The first-order chi connectivity index (χ1) is 33.0. The van der Waals surface area contributed by atoms with Crippen LogP contribution >= 0.6 is 0 Å². The summed E-state index contributed by atoms with van der Waals surface area (Å²) in [5.41, 5.74) is 0. The van der Waals surface area contributed by atoms with E-state index in [9.17, 15) is 14.4 Å². The van der Waals surface area contributed by atoms with E-state index in [2.05, 4.69) is 179 Å². The Labute approximate surface area is 409 Å². The van der Waals surface area contributed by atoms with E-state index in [0.717, 1.165) is 122 Å².